The molecule has 0 heterocycles. The van der Waals surface area contributed by atoms with Crippen LogP contribution in [0.1, 0.15) is 20.7 Å². The number of hydrogen-bond acceptors (Lipinski definition) is 7. The number of carboxylic acid groups (broad SMARTS) is 2. The maximum atomic E-state index is 11.2. The average Bonchev–Trinajstić information content (AvgIpc) is 2.23. The lowest BCUT2D eigenvalue weighted by molar-refractivity contribution is 0.0644. The number of benzene rings is 1. The van der Waals surface area contributed by atoms with Crippen LogP contribution in [0.2, 0.25) is 0 Å². The summed E-state index contributed by atoms with van der Waals surface area (Å²) in [6.07, 6.45) is 0. The van der Waals surface area contributed by atoms with Crippen LogP contribution in [0.15, 0.2) is 15.9 Å². The third kappa shape index (κ3) is 3.10. The van der Waals surface area contributed by atoms with Gasteiger partial charge in [0.2, 0.25) is 0 Å². The van der Waals surface area contributed by atoms with Crippen LogP contribution in [0.25, 0.3) is 0 Å². The second kappa shape index (κ2) is 4.96. The monoisotopic (exact) mass is 342 g/mol. The molecule has 1 aromatic rings. The number of carboxylic acids is 2. The van der Waals surface area contributed by atoms with E-state index in [1.54, 1.807) is 0 Å². The van der Waals surface area contributed by atoms with Gasteiger partial charge < -0.3 is 15.3 Å². The van der Waals surface area contributed by atoms with E-state index in [9.17, 15) is 31.5 Å². The van der Waals surface area contributed by atoms with Gasteiger partial charge in [-0.3, -0.25) is 9.11 Å². The molecular formula is C8H6O11S2. The lowest BCUT2D eigenvalue weighted by Gasteiger charge is -2.12. The maximum Gasteiger partial charge on any atom is 0.340 e. The molecule has 0 amide bonds. The second-order valence-electron chi connectivity index (χ2n) is 3.53. The normalized spacial score (nSPS) is 12.1. The van der Waals surface area contributed by atoms with Crippen LogP contribution in [0.5, 0.6) is 5.75 Å². The van der Waals surface area contributed by atoms with Gasteiger partial charge in [0.05, 0.1) is 0 Å². The summed E-state index contributed by atoms with van der Waals surface area (Å²) in [5.74, 6) is -5.79. The number of hydrogen-bond donors (Lipinski definition) is 5. The van der Waals surface area contributed by atoms with Gasteiger partial charge in [0, 0.05) is 6.07 Å². The van der Waals surface area contributed by atoms with E-state index in [1.165, 1.54) is 0 Å². The van der Waals surface area contributed by atoms with Crippen LogP contribution in [0.4, 0.5) is 0 Å². The topological polar surface area (TPSA) is 204 Å². The van der Waals surface area contributed by atoms with Crippen molar-refractivity contribution in [1.82, 2.24) is 0 Å². The van der Waals surface area contributed by atoms with Crippen molar-refractivity contribution in [2.75, 3.05) is 0 Å². The van der Waals surface area contributed by atoms with Gasteiger partial charge in [-0.2, -0.15) is 16.8 Å². The largest absolute Gasteiger partial charge is 0.507 e. The van der Waals surface area contributed by atoms with Gasteiger partial charge in [0.15, 0.2) is 0 Å². The zero-order chi connectivity index (χ0) is 16.7. The first kappa shape index (κ1) is 16.8. The molecule has 0 unspecified atom stereocenters. The molecule has 0 spiro atoms. The summed E-state index contributed by atoms with van der Waals surface area (Å²) in [7, 11) is -11.0. The van der Waals surface area contributed by atoms with Crippen molar-refractivity contribution in [3.05, 3.63) is 17.2 Å². The predicted molar refractivity (Wildman–Crippen MR) is 61.7 cm³/mol. The summed E-state index contributed by atoms with van der Waals surface area (Å²) < 4.78 is 62.1. The molecule has 11 nitrogen and oxygen atoms in total. The maximum absolute atomic E-state index is 11.2. The van der Waals surface area contributed by atoms with Gasteiger partial charge in [-0.25, -0.2) is 9.59 Å². The first-order valence-corrected chi connectivity index (χ1v) is 7.48. The summed E-state index contributed by atoms with van der Waals surface area (Å²) in [5.41, 5.74) is -3.18. The minimum Gasteiger partial charge on any atom is -0.507 e. The van der Waals surface area contributed by atoms with E-state index in [2.05, 4.69) is 0 Å². The number of aromatic carboxylic acids is 2. The van der Waals surface area contributed by atoms with Crippen molar-refractivity contribution in [2.24, 2.45) is 0 Å². The molecule has 116 valence electrons. The van der Waals surface area contributed by atoms with Crippen LogP contribution in [0.3, 0.4) is 0 Å². The molecule has 0 aliphatic heterocycles. The Morgan fingerprint density at radius 1 is 0.857 bits per heavy atom. The molecule has 0 bridgehead atoms. The molecule has 0 aliphatic carbocycles. The quantitative estimate of drug-likeness (QED) is 0.432. The zero-order valence-electron chi connectivity index (χ0n) is 9.58. The van der Waals surface area contributed by atoms with Crippen molar-refractivity contribution in [2.45, 2.75) is 9.79 Å². The van der Waals surface area contributed by atoms with Crippen LogP contribution < -0.4 is 0 Å². The smallest absolute Gasteiger partial charge is 0.340 e. The molecule has 13 heteroatoms. The molecule has 0 aromatic heterocycles. The Hall–Kier alpha value is -2.22. The van der Waals surface area contributed by atoms with Crippen molar-refractivity contribution in [3.8, 4) is 5.75 Å². The molecule has 0 saturated carbocycles. The lowest BCUT2D eigenvalue weighted by Crippen LogP contribution is -2.19. The Bertz CT molecular complexity index is 847. The summed E-state index contributed by atoms with van der Waals surface area (Å²) in [5, 5.41) is 27.0. The minimum atomic E-state index is -5.56. The van der Waals surface area contributed by atoms with Gasteiger partial charge in [-0.05, 0) is 0 Å². The number of carbonyl (C=O) groups is 2. The molecule has 0 fully saturated rings. The lowest BCUT2D eigenvalue weighted by atomic mass is 10.1. The summed E-state index contributed by atoms with van der Waals surface area (Å²) in [6.45, 7) is 0. The Morgan fingerprint density at radius 3 is 1.57 bits per heavy atom. The van der Waals surface area contributed by atoms with E-state index >= 15 is 0 Å². The van der Waals surface area contributed by atoms with Gasteiger partial charge in [0.25, 0.3) is 20.2 Å². The standard InChI is InChI=1S/C8H6O11S2/c9-2-1-3(20(14,15)16)6(21(17,18)19)5(8(12)13)4(2)7(10)11/h1,9H,(H,10,11)(H,12,13)(H,14,15,16)(H,17,18,19). The van der Waals surface area contributed by atoms with Crippen molar-refractivity contribution in [3.63, 3.8) is 0 Å². The molecule has 0 atom stereocenters. The number of aromatic hydroxyl groups is 1. The Balaban J connectivity index is 4.28. The van der Waals surface area contributed by atoms with Gasteiger partial charge in [-0.1, -0.05) is 0 Å². The minimum absolute atomic E-state index is 0.00562. The highest BCUT2D eigenvalue weighted by Gasteiger charge is 2.36. The van der Waals surface area contributed by atoms with Crippen molar-refractivity contribution < 1.29 is 50.8 Å². The molecule has 5 N–H and O–H groups in total. The van der Waals surface area contributed by atoms with E-state index in [1.807, 2.05) is 0 Å². The van der Waals surface area contributed by atoms with Crippen LogP contribution in [0, 0.1) is 0 Å². The fraction of sp³-hybridized carbons (Fsp3) is 0. The van der Waals surface area contributed by atoms with E-state index in [-0.39, 0.29) is 6.07 Å². The van der Waals surface area contributed by atoms with Gasteiger partial charge in [0.1, 0.15) is 26.7 Å². The van der Waals surface area contributed by atoms with E-state index in [4.69, 9.17) is 19.3 Å². The van der Waals surface area contributed by atoms with E-state index in [0.717, 1.165) is 0 Å². The second-order valence-corrected chi connectivity index (χ2v) is 6.28. The average molecular weight is 342 g/mol. The third-order valence-electron chi connectivity index (χ3n) is 2.19. The molecule has 1 rings (SSSR count). The van der Waals surface area contributed by atoms with Crippen LogP contribution in [-0.4, -0.2) is 53.2 Å². The van der Waals surface area contributed by atoms with Crippen LogP contribution >= 0.6 is 0 Å². The molecule has 21 heavy (non-hydrogen) atoms. The van der Waals surface area contributed by atoms with Crippen molar-refractivity contribution >= 4 is 32.2 Å². The molecular weight excluding hydrogens is 336 g/mol. The highest BCUT2D eigenvalue weighted by Crippen LogP contribution is 2.34. The Labute approximate surface area is 116 Å². The zero-order valence-corrected chi connectivity index (χ0v) is 11.2. The predicted octanol–water partition coefficient (Wildman–Crippen LogP) is -0.718. The van der Waals surface area contributed by atoms with Crippen LogP contribution in [-0.2, 0) is 20.2 Å². The highest BCUT2D eigenvalue weighted by atomic mass is 32.2. The molecule has 0 saturated heterocycles. The first-order chi connectivity index (χ1) is 9.28. The first-order valence-electron chi connectivity index (χ1n) is 4.60. The van der Waals surface area contributed by atoms with E-state index < -0.39 is 58.8 Å². The number of phenols is 1. The highest BCUT2D eigenvalue weighted by molar-refractivity contribution is 7.89. The summed E-state index contributed by atoms with van der Waals surface area (Å²) in [6, 6.07) is -0.00562. The number of rotatable bonds is 4. The fourth-order valence-corrected chi connectivity index (χ4v) is 3.48. The van der Waals surface area contributed by atoms with E-state index in [0.29, 0.717) is 0 Å². The molecule has 0 radical (unpaired) electrons. The molecule has 1 aromatic carbocycles. The van der Waals surface area contributed by atoms with Crippen molar-refractivity contribution in [1.29, 1.82) is 0 Å². The van der Waals surface area contributed by atoms with Gasteiger partial charge >= 0.3 is 11.9 Å². The third-order valence-corrected chi connectivity index (χ3v) is 4.14. The summed E-state index contributed by atoms with van der Waals surface area (Å²) in [4.78, 5) is 18.3. The SMILES string of the molecule is O=C(O)c1c(O)cc(S(=O)(=O)O)c(S(=O)(=O)O)c1C(=O)O. The Kier molecular flexibility index (Phi) is 3.97. The fourth-order valence-electron chi connectivity index (χ4n) is 1.49. The van der Waals surface area contributed by atoms with Gasteiger partial charge in [-0.15, -0.1) is 0 Å². The Morgan fingerprint density at radius 2 is 1.29 bits per heavy atom. The summed E-state index contributed by atoms with van der Waals surface area (Å²) >= 11 is 0. The molecule has 0 aliphatic rings.